The van der Waals surface area contributed by atoms with Crippen LogP contribution in [0.4, 0.5) is 11.6 Å². The number of methoxy groups -OCH3 is 3. The number of ether oxygens (including phenoxy) is 3. The van der Waals surface area contributed by atoms with Gasteiger partial charge in [0.15, 0.2) is 11.5 Å². The Hall–Kier alpha value is -3.32. The topological polar surface area (TPSA) is 85.7 Å². The first kappa shape index (κ1) is 19.0. The lowest BCUT2D eigenvalue weighted by atomic mass is 9.89. The van der Waals surface area contributed by atoms with Crippen LogP contribution in [0.25, 0.3) is 11.3 Å². The third-order valence-electron chi connectivity index (χ3n) is 5.06. The summed E-state index contributed by atoms with van der Waals surface area (Å²) in [6.07, 6.45) is 3.69. The molecule has 0 atom stereocenters. The lowest BCUT2D eigenvalue weighted by Gasteiger charge is -2.20. The van der Waals surface area contributed by atoms with Crippen molar-refractivity contribution < 1.29 is 19.3 Å². The Morgan fingerprint density at radius 1 is 0.966 bits per heavy atom. The molecule has 1 aliphatic rings. The average molecular weight is 393 g/mol. The van der Waals surface area contributed by atoms with E-state index in [0.29, 0.717) is 23.2 Å². The molecule has 1 aliphatic carbocycles. The number of aliphatic hydroxyl groups is 1. The number of nitrogens with one attached hydrogen (secondary N) is 1. The molecule has 3 aromatic rings. The number of anilines is 2. The van der Waals surface area contributed by atoms with Gasteiger partial charge in [-0.05, 0) is 35.6 Å². The number of benzene rings is 2. The summed E-state index contributed by atoms with van der Waals surface area (Å²) in [7, 11) is 4.72. The van der Waals surface area contributed by atoms with Crippen molar-refractivity contribution in [3.63, 3.8) is 0 Å². The van der Waals surface area contributed by atoms with Gasteiger partial charge in [0.2, 0.25) is 11.7 Å². The summed E-state index contributed by atoms with van der Waals surface area (Å²) in [5, 5.41) is 12.7. The smallest absolute Gasteiger partial charge is 0.227 e. The Morgan fingerprint density at radius 3 is 2.34 bits per heavy atom. The molecule has 7 nitrogen and oxygen atoms in total. The summed E-state index contributed by atoms with van der Waals surface area (Å²) >= 11 is 0. The molecule has 7 heteroatoms. The monoisotopic (exact) mass is 393 g/mol. The van der Waals surface area contributed by atoms with Gasteiger partial charge in [-0.2, -0.15) is 0 Å². The lowest BCUT2D eigenvalue weighted by Crippen LogP contribution is -2.09. The van der Waals surface area contributed by atoms with E-state index in [2.05, 4.69) is 16.4 Å². The summed E-state index contributed by atoms with van der Waals surface area (Å²) in [6.45, 7) is 0.00421. The number of hydrogen-bond donors (Lipinski definition) is 2. The molecule has 0 aliphatic heterocycles. The number of aliphatic hydroxyl groups excluding tert-OH is 1. The lowest BCUT2D eigenvalue weighted by molar-refractivity contribution is 0.282. The van der Waals surface area contributed by atoms with Crippen molar-refractivity contribution in [2.24, 2.45) is 0 Å². The SMILES string of the molecule is COc1cc(Nc2ncc3c(n2)-c2cc(CO)ccc2CC3)cc(OC)c1OC. The maximum Gasteiger partial charge on any atom is 0.227 e. The van der Waals surface area contributed by atoms with Crippen molar-refractivity contribution in [3.05, 3.63) is 53.2 Å². The first-order valence-electron chi connectivity index (χ1n) is 9.32. The maximum atomic E-state index is 9.50. The van der Waals surface area contributed by atoms with E-state index < -0.39 is 0 Å². The fourth-order valence-electron chi connectivity index (χ4n) is 3.60. The van der Waals surface area contributed by atoms with E-state index in [1.807, 2.05) is 30.5 Å². The number of hydrogen-bond acceptors (Lipinski definition) is 7. The second-order valence-electron chi connectivity index (χ2n) is 6.76. The van der Waals surface area contributed by atoms with Crippen LogP contribution in [0, 0.1) is 0 Å². The Morgan fingerprint density at radius 2 is 1.69 bits per heavy atom. The molecule has 1 aromatic heterocycles. The predicted octanol–water partition coefficient (Wildman–Crippen LogP) is 3.50. The van der Waals surface area contributed by atoms with Crippen LogP contribution in [0.1, 0.15) is 16.7 Å². The molecule has 0 radical (unpaired) electrons. The van der Waals surface area contributed by atoms with Gasteiger partial charge in [0.05, 0.1) is 33.6 Å². The van der Waals surface area contributed by atoms with Gasteiger partial charge in [0.25, 0.3) is 0 Å². The molecule has 0 amide bonds. The molecule has 0 fully saturated rings. The predicted molar refractivity (Wildman–Crippen MR) is 110 cm³/mol. The molecule has 0 bridgehead atoms. The van der Waals surface area contributed by atoms with Gasteiger partial charge in [0.1, 0.15) is 0 Å². The minimum atomic E-state index is 0.00421. The van der Waals surface area contributed by atoms with Crippen LogP contribution in [-0.2, 0) is 19.4 Å². The van der Waals surface area contributed by atoms with Crippen LogP contribution in [0.5, 0.6) is 17.2 Å². The van der Waals surface area contributed by atoms with E-state index >= 15 is 0 Å². The van der Waals surface area contributed by atoms with E-state index in [1.165, 1.54) is 5.56 Å². The van der Waals surface area contributed by atoms with E-state index in [-0.39, 0.29) is 6.61 Å². The van der Waals surface area contributed by atoms with E-state index in [9.17, 15) is 5.11 Å². The fourth-order valence-corrected chi connectivity index (χ4v) is 3.60. The van der Waals surface area contributed by atoms with Crippen LogP contribution >= 0.6 is 0 Å². The van der Waals surface area contributed by atoms with Crippen molar-refractivity contribution in [3.8, 4) is 28.5 Å². The van der Waals surface area contributed by atoms with E-state index in [4.69, 9.17) is 19.2 Å². The molecule has 0 unspecified atom stereocenters. The van der Waals surface area contributed by atoms with Crippen LogP contribution < -0.4 is 19.5 Å². The standard InChI is InChI=1S/C22H23N3O4/c1-27-18-9-16(10-19(28-2)21(18)29-3)24-22-23-11-15-7-6-14-5-4-13(12-26)8-17(14)20(15)25-22/h4-5,8-11,26H,6-7,12H2,1-3H3,(H,23,24,25). The maximum absolute atomic E-state index is 9.50. The summed E-state index contributed by atoms with van der Waals surface area (Å²) in [4.78, 5) is 9.23. The molecule has 150 valence electrons. The summed E-state index contributed by atoms with van der Waals surface area (Å²) in [6, 6.07) is 9.64. The largest absolute Gasteiger partial charge is 0.493 e. The van der Waals surface area contributed by atoms with Crippen LogP contribution in [-0.4, -0.2) is 36.4 Å². The highest BCUT2D eigenvalue weighted by Gasteiger charge is 2.20. The molecule has 29 heavy (non-hydrogen) atoms. The highest BCUT2D eigenvalue weighted by molar-refractivity contribution is 5.72. The Kier molecular flexibility index (Phi) is 5.22. The fraction of sp³-hybridized carbons (Fsp3) is 0.273. The average Bonchev–Trinajstić information content (AvgIpc) is 2.77. The molecule has 0 saturated heterocycles. The number of rotatable bonds is 6. The van der Waals surface area contributed by atoms with Gasteiger partial charge in [-0.15, -0.1) is 0 Å². The second kappa shape index (κ2) is 7.97. The molecule has 2 aromatic carbocycles. The normalized spacial score (nSPS) is 12.0. The zero-order valence-corrected chi connectivity index (χ0v) is 16.7. The highest BCUT2D eigenvalue weighted by atomic mass is 16.5. The number of aryl methyl sites for hydroxylation is 2. The molecule has 4 rings (SSSR count). The van der Waals surface area contributed by atoms with E-state index in [0.717, 1.165) is 40.9 Å². The van der Waals surface area contributed by atoms with Crippen molar-refractivity contribution in [2.45, 2.75) is 19.4 Å². The Balaban J connectivity index is 1.72. The minimum Gasteiger partial charge on any atom is -0.493 e. The second-order valence-corrected chi connectivity index (χ2v) is 6.76. The first-order valence-corrected chi connectivity index (χ1v) is 9.32. The number of aromatic nitrogens is 2. The van der Waals surface area contributed by atoms with Crippen molar-refractivity contribution in [1.82, 2.24) is 9.97 Å². The third kappa shape index (κ3) is 3.56. The third-order valence-corrected chi connectivity index (χ3v) is 5.06. The van der Waals surface area contributed by atoms with Gasteiger partial charge >= 0.3 is 0 Å². The van der Waals surface area contributed by atoms with Crippen molar-refractivity contribution in [1.29, 1.82) is 0 Å². The summed E-state index contributed by atoms with van der Waals surface area (Å²) < 4.78 is 16.2. The van der Waals surface area contributed by atoms with Gasteiger partial charge in [-0.25, -0.2) is 9.97 Å². The summed E-state index contributed by atoms with van der Waals surface area (Å²) in [5.74, 6) is 2.09. The quantitative estimate of drug-likeness (QED) is 0.663. The highest BCUT2D eigenvalue weighted by Crippen LogP contribution is 2.40. The van der Waals surface area contributed by atoms with Crippen LogP contribution in [0.3, 0.4) is 0 Å². The zero-order valence-electron chi connectivity index (χ0n) is 16.7. The Labute approximate surface area is 169 Å². The van der Waals surface area contributed by atoms with Gasteiger partial charge in [-0.3, -0.25) is 0 Å². The van der Waals surface area contributed by atoms with Crippen molar-refractivity contribution in [2.75, 3.05) is 26.6 Å². The molecule has 0 saturated carbocycles. The van der Waals surface area contributed by atoms with Gasteiger partial charge in [-0.1, -0.05) is 12.1 Å². The summed E-state index contributed by atoms with van der Waals surface area (Å²) in [5.41, 5.74) is 5.86. The van der Waals surface area contributed by atoms with Crippen molar-refractivity contribution >= 4 is 11.6 Å². The van der Waals surface area contributed by atoms with Gasteiger partial charge in [0, 0.05) is 29.6 Å². The number of nitrogens with zero attached hydrogens (tertiary/aromatic N) is 2. The molecule has 0 spiro atoms. The van der Waals surface area contributed by atoms with Crippen LogP contribution in [0.15, 0.2) is 36.5 Å². The van der Waals surface area contributed by atoms with Crippen LogP contribution in [0.2, 0.25) is 0 Å². The Bertz CT molecular complexity index is 1030. The minimum absolute atomic E-state index is 0.00421. The first-order chi connectivity index (χ1) is 14.2. The zero-order chi connectivity index (χ0) is 20.4. The molecule has 1 heterocycles. The number of fused-ring (bicyclic) bond motifs is 3. The van der Waals surface area contributed by atoms with E-state index in [1.54, 1.807) is 21.3 Å². The molecule has 2 N–H and O–H groups in total. The molecular weight excluding hydrogens is 370 g/mol. The molecular formula is C22H23N3O4. The van der Waals surface area contributed by atoms with Gasteiger partial charge < -0.3 is 24.6 Å².